The van der Waals surface area contributed by atoms with Gasteiger partial charge in [-0.1, -0.05) is 152 Å². The Kier molecular flexibility index (Phi) is 6.52. The van der Waals surface area contributed by atoms with E-state index < -0.39 is 0 Å². The van der Waals surface area contributed by atoms with Gasteiger partial charge in [-0.05, 0) is 78.5 Å². The van der Waals surface area contributed by atoms with E-state index in [0.717, 1.165) is 55.1 Å². The molecule has 0 spiro atoms. The predicted molar refractivity (Wildman–Crippen MR) is 219 cm³/mol. The van der Waals surface area contributed by atoms with Crippen molar-refractivity contribution in [2.24, 2.45) is 0 Å². The second-order valence-electron chi connectivity index (χ2n) is 13.5. The van der Waals surface area contributed by atoms with Crippen molar-refractivity contribution in [3.63, 3.8) is 0 Å². The van der Waals surface area contributed by atoms with Gasteiger partial charge in [-0.2, -0.15) is 0 Å². The van der Waals surface area contributed by atoms with Crippen LogP contribution in [-0.2, 0) is 0 Å². The number of hydrogen-bond acceptors (Lipinski definition) is 4. The summed E-state index contributed by atoms with van der Waals surface area (Å²) in [5, 5.41) is 11.8. The summed E-state index contributed by atoms with van der Waals surface area (Å²) >= 11 is 0. The highest BCUT2D eigenvalue weighted by Gasteiger charge is 2.21. The number of furan rings is 1. The lowest BCUT2D eigenvalue weighted by Crippen LogP contribution is -2.00. The van der Waals surface area contributed by atoms with Crippen molar-refractivity contribution < 1.29 is 4.42 Å². The van der Waals surface area contributed by atoms with E-state index in [1.165, 1.54) is 37.7 Å². The summed E-state index contributed by atoms with van der Waals surface area (Å²) in [6, 6.07) is 61.6. The van der Waals surface area contributed by atoms with Crippen molar-refractivity contribution in [1.29, 1.82) is 0 Å². The number of benzene rings is 9. The summed E-state index contributed by atoms with van der Waals surface area (Å²) in [5.41, 5.74) is 6.59. The molecule has 0 bridgehead atoms. The van der Waals surface area contributed by atoms with Crippen LogP contribution in [0.3, 0.4) is 0 Å². The molecule has 0 aliphatic heterocycles. The molecule has 0 radical (unpaired) electrons. The summed E-state index contributed by atoms with van der Waals surface area (Å²) in [6.45, 7) is 0. The summed E-state index contributed by atoms with van der Waals surface area (Å²) in [4.78, 5) is 15.4. The molecule has 0 amide bonds. The van der Waals surface area contributed by atoms with Crippen molar-refractivity contribution >= 4 is 65.0 Å². The van der Waals surface area contributed by atoms with Crippen LogP contribution >= 0.6 is 0 Å². The van der Waals surface area contributed by atoms with Crippen LogP contribution in [0.4, 0.5) is 0 Å². The Morgan fingerprint density at radius 1 is 0.302 bits per heavy atom. The molecule has 0 aliphatic rings. The Morgan fingerprint density at radius 2 is 0.830 bits per heavy atom. The minimum Gasteiger partial charge on any atom is -0.456 e. The molecule has 9 aromatic carbocycles. The Morgan fingerprint density at radius 3 is 1.55 bits per heavy atom. The van der Waals surface area contributed by atoms with E-state index in [0.29, 0.717) is 17.5 Å². The van der Waals surface area contributed by atoms with Gasteiger partial charge >= 0.3 is 0 Å². The van der Waals surface area contributed by atoms with Gasteiger partial charge < -0.3 is 4.42 Å². The maximum Gasteiger partial charge on any atom is 0.164 e. The zero-order valence-electron chi connectivity index (χ0n) is 28.5. The molecule has 0 aliphatic carbocycles. The highest BCUT2D eigenvalue weighted by atomic mass is 16.3. The lowest BCUT2D eigenvalue weighted by atomic mass is 9.91. The van der Waals surface area contributed by atoms with Gasteiger partial charge in [-0.15, -0.1) is 0 Å². The first-order valence-corrected chi connectivity index (χ1v) is 17.9. The fourth-order valence-corrected chi connectivity index (χ4v) is 8.04. The first-order valence-electron chi connectivity index (χ1n) is 17.9. The summed E-state index contributed by atoms with van der Waals surface area (Å²) in [5.74, 6) is 1.84. The Bertz CT molecular complexity index is 3200. The van der Waals surface area contributed by atoms with E-state index in [9.17, 15) is 0 Å². The maximum absolute atomic E-state index is 6.60. The molecule has 0 saturated heterocycles. The summed E-state index contributed by atoms with van der Waals surface area (Å²) < 4.78 is 6.60. The van der Waals surface area contributed by atoms with E-state index >= 15 is 0 Å². The van der Waals surface area contributed by atoms with Crippen LogP contribution in [0.1, 0.15) is 0 Å². The van der Waals surface area contributed by atoms with E-state index in [1.54, 1.807) is 0 Å². The van der Waals surface area contributed by atoms with Crippen LogP contribution < -0.4 is 0 Å². The maximum atomic E-state index is 6.60. The van der Waals surface area contributed by atoms with Crippen LogP contribution in [0.25, 0.3) is 110 Å². The first-order chi connectivity index (χ1) is 26.3. The quantitative estimate of drug-likeness (QED) is 0.174. The zero-order chi connectivity index (χ0) is 34.9. The summed E-state index contributed by atoms with van der Waals surface area (Å²) in [7, 11) is 0. The molecule has 4 heteroatoms. The van der Waals surface area contributed by atoms with E-state index in [1.807, 2.05) is 42.5 Å². The van der Waals surface area contributed by atoms with Gasteiger partial charge in [-0.25, -0.2) is 15.0 Å². The van der Waals surface area contributed by atoms with Gasteiger partial charge in [0.1, 0.15) is 11.2 Å². The van der Waals surface area contributed by atoms with Gasteiger partial charge in [0.25, 0.3) is 0 Å². The molecule has 0 atom stereocenters. The number of rotatable bonds is 4. The molecule has 4 nitrogen and oxygen atoms in total. The van der Waals surface area contributed by atoms with Crippen molar-refractivity contribution in [3.8, 4) is 45.3 Å². The molecule has 53 heavy (non-hydrogen) atoms. The largest absolute Gasteiger partial charge is 0.456 e. The molecule has 0 fully saturated rings. The normalized spacial score (nSPS) is 11.8. The minimum atomic E-state index is 0.598. The second-order valence-corrected chi connectivity index (χ2v) is 13.5. The van der Waals surface area contributed by atoms with Crippen molar-refractivity contribution in [2.45, 2.75) is 0 Å². The van der Waals surface area contributed by atoms with E-state index in [2.05, 4.69) is 133 Å². The van der Waals surface area contributed by atoms with Gasteiger partial charge in [0.15, 0.2) is 17.5 Å². The second kappa shape index (κ2) is 11.7. The third-order valence-corrected chi connectivity index (χ3v) is 10.5. The Hall–Kier alpha value is -7.17. The molecule has 11 rings (SSSR count). The van der Waals surface area contributed by atoms with Gasteiger partial charge in [-0.3, -0.25) is 0 Å². The van der Waals surface area contributed by atoms with Crippen LogP contribution in [0.15, 0.2) is 180 Å². The van der Waals surface area contributed by atoms with Gasteiger partial charge in [0, 0.05) is 27.5 Å². The Labute approximate surface area is 304 Å². The molecule has 2 aromatic heterocycles. The number of hydrogen-bond donors (Lipinski definition) is 0. The molecule has 0 unspecified atom stereocenters. The number of nitrogens with zero attached hydrogens (tertiary/aromatic N) is 3. The molecular formula is C49H29N3O. The number of fused-ring (bicyclic) bond motifs is 10. The summed E-state index contributed by atoms with van der Waals surface area (Å²) in [6.07, 6.45) is 0. The fraction of sp³-hybridized carbons (Fsp3) is 0. The van der Waals surface area contributed by atoms with Gasteiger partial charge in [0.05, 0.1) is 0 Å². The fourth-order valence-electron chi connectivity index (χ4n) is 8.04. The molecule has 0 N–H and O–H groups in total. The van der Waals surface area contributed by atoms with E-state index in [4.69, 9.17) is 19.4 Å². The monoisotopic (exact) mass is 675 g/mol. The third-order valence-electron chi connectivity index (χ3n) is 10.5. The Balaban J connectivity index is 1.17. The average molecular weight is 676 g/mol. The smallest absolute Gasteiger partial charge is 0.164 e. The van der Waals surface area contributed by atoms with Crippen molar-refractivity contribution in [2.75, 3.05) is 0 Å². The lowest BCUT2D eigenvalue weighted by Gasteiger charge is -2.13. The molecular weight excluding hydrogens is 647 g/mol. The standard InChI is InChI=1S/C49H29N3O/c1-2-13-31(14-3-1)47-50-48(34-25-24-30-12-4-5-15-32(30)28-34)52-49(51-47)41-21-11-23-44-46(41)45-35(20-10-22-43(45)53-44)33-26-27-40-38-18-7-6-16-36(38)37-17-8-9-19-39(37)42(40)29-33/h1-29H. The lowest BCUT2D eigenvalue weighted by molar-refractivity contribution is 0.669. The zero-order valence-corrected chi connectivity index (χ0v) is 28.5. The third kappa shape index (κ3) is 4.73. The van der Waals surface area contributed by atoms with Gasteiger partial charge in [0.2, 0.25) is 0 Å². The topological polar surface area (TPSA) is 51.8 Å². The minimum absolute atomic E-state index is 0.598. The van der Waals surface area contributed by atoms with Crippen LogP contribution in [0, 0.1) is 0 Å². The molecule has 246 valence electrons. The molecule has 0 saturated carbocycles. The van der Waals surface area contributed by atoms with Crippen LogP contribution in [-0.4, -0.2) is 15.0 Å². The van der Waals surface area contributed by atoms with Crippen molar-refractivity contribution in [3.05, 3.63) is 176 Å². The number of aromatic nitrogens is 3. The highest BCUT2D eigenvalue weighted by Crippen LogP contribution is 2.43. The highest BCUT2D eigenvalue weighted by molar-refractivity contribution is 6.26. The first kappa shape index (κ1) is 29.5. The molecule has 2 heterocycles. The predicted octanol–water partition coefficient (Wildman–Crippen LogP) is 13.1. The average Bonchev–Trinajstić information content (AvgIpc) is 3.63. The SMILES string of the molecule is c1ccc(-c2nc(-c3ccc4ccccc4c3)nc(-c3cccc4oc5cccc(-c6ccc7c8ccccc8c8ccccc8c7c6)c5c34)n2)cc1. The van der Waals surface area contributed by atoms with Crippen LogP contribution in [0.2, 0.25) is 0 Å². The molecule has 11 aromatic rings. The van der Waals surface area contributed by atoms with Crippen LogP contribution in [0.5, 0.6) is 0 Å². The van der Waals surface area contributed by atoms with E-state index in [-0.39, 0.29) is 0 Å². The van der Waals surface area contributed by atoms with Crippen molar-refractivity contribution in [1.82, 2.24) is 15.0 Å².